The molecule has 0 aromatic heterocycles. The molecule has 0 aliphatic heterocycles. The molecule has 1 aromatic carbocycles. The van der Waals surface area contributed by atoms with Gasteiger partial charge in [0.05, 0.1) is 7.11 Å². The van der Waals surface area contributed by atoms with E-state index in [-0.39, 0.29) is 0 Å². The Balaban J connectivity index is 2.42. The van der Waals surface area contributed by atoms with Crippen LogP contribution in [0.15, 0.2) is 24.3 Å². The Morgan fingerprint density at radius 2 is 1.93 bits per heavy atom. The molecule has 0 fully saturated rings. The molecule has 0 atom stereocenters. The summed E-state index contributed by atoms with van der Waals surface area (Å²) in [5, 5.41) is 4.71. The molecule has 15 heavy (non-hydrogen) atoms. The molecule has 0 aliphatic rings. The van der Waals surface area contributed by atoms with Gasteiger partial charge in [0.1, 0.15) is 12.5 Å². The Morgan fingerprint density at radius 1 is 1.27 bits per heavy atom. The van der Waals surface area contributed by atoms with E-state index in [2.05, 4.69) is 5.32 Å². The smallest absolute Gasteiger partial charge is 0.118 e. The Bertz CT molecular complexity index is 274. The molecule has 0 spiro atoms. The van der Waals surface area contributed by atoms with E-state index in [0.717, 1.165) is 12.3 Å². The first-order chi connectivity index (χ1) is 7.26. The fraction of sp³-hybridized carbons (Fsp3) is 0.455. The molecule has 0 aliphatic carbocycles. The summed E-state index contributed by atoms with van der Waals surface area (Å²) >= 11 is 0. The number of hydrogen-bond donors (Lipinski definition) is 1. The summed E-state index contributed by atoms with van der Waals surface area (Å²) in [5.74, 6) is 0.873. The van der Waals surface area contributed by atoms with Gasteiger partial charge >= 0.3 is 0 Å². The fourth-order valence-corrected chi connectivity index (χ4v) is 1.21. The normalized spacial score (nSPS) is 10.7. The largest absolute Gasteiger partial charge is 0.497 e. The summed E-state index contributed by atoms with van der Waals surface area (Å²) in [4.78, 5) is 5.34. The minimum Gasteiger partial charge on any atom is -0.497 e. The highest BCUT2D eigenvalue weighted by atomic mass is 16.7. The molecule has 0 bridgehead atoms. The second-order valence-electron chi connectivity index (χ2n) is 3.26. The molecule has 0 unspecified atom stereocenters. The van der Waals surface area contributed by atoms with E-state index in [1.165, 1.54) is 5.56 Å². The summed E-state index contributed by atoms with van der Waals surface area (Å²) in [6.07, 6.45) is 0. The third-order valence-corrected chi connectivity index (χ3v) is 1.99. The van der Waals surface area contributed by atoms with Crippen molar-refractivity contribution in [2.75, 3.05) is 27.9 Å². The number of hydrogen-bond acceptors (Lipinski definition) is 4. The predicted octanol–water partition coefficient (Wildman–Crippen LogP) is 1.24. The summed E-state index contributed by atoms with van der Waals surface area (Å²) in [6.45, 7) is 1.28. The van der Waals surface area contributed by atoms with E-state index in [1.807, 2.05) is 38.4 Å². The van der Waals surface area contributed by atoms with Crippen LogP contribution in [0.25, 0.3) is 0 Å². The number of nitrogens with zero attached hydrogens (tertiary/aromatic N) is 1. The van der Waals surface area contributed by atoms with Gasteiger partial charge in [-0.05, 0) is 24.7 Å². The lowest BCUT2D eigenvalue weighted by Crippen LogP contribution is -2.24. The van der Waals surface area contributed by atoms with Gasteiger partial charge in [-0.15, -0.1) is 0 Å². The van der Waals surface area contributed by atoms with Gasteiger partial charge in [-0.3, -0.25) is 10.2 Å². The molecular weight excluding hydrogens is 192 g/mol. The third-order valence-electron chi connectivity index (χ3n) is 1.99. The lowest BCUT2D eigenvalue weighted by atomic mass is 10.2. The van der Waals surface area contributed by atoms with Crippen molar-refractivity contribution >= 4 is 0 Å². The standard InChI is InChI=1S/C11H18N2O2/c1-12-9-15-13(2)8-10-4-6-11(14-3)7-5-10/h4-7,12H,8-9H2,1-3H3. The second kappa shape index (κ2) is 6.40. The predicted molar refractivity (Wildman–Crippen MR) is 59.5 cm³/mol. The van der Waals surface area contributed by atoms with Crippen LogP contribution in [0.4, 0.5) is 0 Å². The van der Waals surface area contributed by atoms with Crippen LogP contribution in [0.2, 0.25) is 0 Å². The van der Waals surface area contributed by atoms with Crippen molar-refractivity contribution in [1.82, 2.24) is 10.4 Å². The van der Waals surface area contributed by atoms with E-state index < -0.39 is 0 Å². The van der Waals surface area contributed by atoms with Gasteiger partial charge in [-0.1, -0.05) is 12.1 Å². The quantitative estimate of drug-likeness (QED) is 0.565. The first-order valence-electron chi connectivity index (χ1n) is 4.88. The van der Waals surface area contributed by atoms with Gasteiger partial charge in [-0.2, -0.15) is 5.06 Å². The number of nitrogens with one attached hydrogen (secondary N) is 1. The van der Waals surface area contributed by atoms with Crippen LogP contribution in [0.3, 0.4) is 0 Å². The monoisotopic (exact) mass is 210 g/mol. The number of methoxy groups -OCH3 is 1. The van der Waals surface area contributed by atoms with Crippen molar-refractivity contribution in [2.24, 2.45) is 0 Å². The summed E-state index contributed by atoms with van der Waals surface area (Å²) in [5.41, 5.74) is 1.19. The van der Waals surface area contributed by atoms with Crippen LogP contribution >= 0.6 is 0 Å². The lowest BCUT2D eigenvalue weighted by Gasteiger charge is -2.16. The van der Waals surface area contributed by atoms with Gasteiger partial charge in [0.2, 0.25) is 0 Å². The molecule has 0 saturated heterocycles. The van der Waals surface area contributed by atoms with E-state index in [1.54, 1.807) is 12.2 Å². The summed E-state index contributed by atoms with van der Waals surface area (Å²) < 4.78 is 5.08. The molecule has 0 heterocycles. The molecule has 0 radical (unpaired) electrons. The zero-order valence-electron chi connectivity index (χ0n) is 9.49. The Kier molecular flexibility index (Phi) is 5.10. The van der Waals surface area contributed by atoms with Gasteiger partial charge in [0.25, 0.3) is 0 Å². The zero-order valence-corrected chi connectivity index (χ0v) is 9.49. The maximum absolute atomic E-state index is 5.34. The molecule has 4 nitrogen and oxygen atoms in total. The summed E-state index contributed by atoms with van der Waals surface area (Å²) in [7, 11) is 5.42. The summed E-state index contributed by atoms with van der Waals surface area (Å²) in [6, 6.07) is 7.94. The highest BCUT2D eigenvalue weighted by molar-refractivity contribution is 5.26. The number of ether oxygens (including phenoxy) is 1. The van der Waals surface area contributed by atoms with Crippen LogP contribution in [-0.4, -0.2) is 33.0 Å². The minimum atomic E-state index is 0.520. The molecule has 84 valence electrons. The average Bonchev–Trinajstić information content (AvgIpc) is 2.27. The second-order valence-corrected chi connectivity index (χ2v) is 3.26. The highest BCUT2D eigenvalue weighted by Crippen LogP contribution is 2.12. The Hall–Kier alpha value is -1.10. The van der Waals surface area contributed by atoms with Gasteiger partial charge in [0, 0.05) is 13.6 Å². The van der Waals surface area contributed by atoms with Gasteiger partial charge in [-0.25, -0.2) is 0 Å². The Labute approximate surface area is 90.7 Å². The van der Waals surface area contributed by atoms with E-state index in [4.69, 9.17) is 9.57 Å². The van der Waals surface area contributed by atoms with Crippen LogP contribution in [0.5, 0.6) is 5.75 Å². The van der Waals surface area contributed by atoms with Crippen molar-refractivity contribution in [3.05, 3.63) is 29.8 Å². The maximum Gasteiger partial charge on any atom is 0.118 e. The number of hydroxylamine groups is 2. The zero-order chi connectivity index (χ0) is 11.1. The topological polar surface area (TPSA) is 33.7 Å². The highest BCUT2D eigenvalue weighted by Gasteiger charge is 2.00. The molecule has 1 N–H and O–H groups in total. The van der Waals surface area contributed by atoms with E-state index in [9.17, 15) is 0 Å². The number of rotatable bonds is 6. The van der Waals surface area contributed by atoms with Crippen LogP contribution in [-0.2, 0) is 11.4 Å². The fourth-order valence-electron chi connectivity index (χ4n) is 1.21. The molecule has 1 aromatic rings. The first kappa shape index (κ1) is 12.0. The molecular formula is C11H18N2O2. The van der Waals surface area contributed by atoms with Gasteiger partial charge in [0.15, 0.2) is 0 Å². The van der Waals surface area contributed by atoms with Crippen LogP contribution in [0, 0.1) is 0 Å². The van der Waals surface area contributed by atoms with Crippen molar-refractivity contribution in [1.29, 1.82) is 0 Å². The van der Waals surface area contributed by atoms with Crippen molar-refractivity contribution in [3.8, 4) is 5.75 Å². The van der Waals surface area contributed by atoms with Crippen molar-refractivity contribution < 1.29 is 9.57 Å². The first-order valence-corrected chi connectivity index (χ1v) is 4.88. The van der Waals surface area contributed by atoms with Crippen molar-refractivity contribution in [2.45, 2.75) is 6.54 Å². The van der Waals surface area contributed by atoms with E-state index in [0.29, 0.717) is 6.73 Å². The van der Waals surface area contributed by atoms with Gasteiger partial charge < -0.3 is 4.74 Å². The molecule has 0 saturated carbocycles. The molecule has 4 heteroatoms. The maximum atomic E-state index is 5.34. The molecule has 0 amide bonds. The molecule has 1 rings (SSSR count). The van der Waals surface area contributed by atoms with Crippen LogP contribution in [0.1, 0.15) is 5.56 Å². The van der Waals surface area contributed by atoms with Crippen molar-refractivity contribution in [3.63, 3.8) is 0 Å². The minimum absolute atomic E-state index is 0.520. The Morgan fingerprint density at radius 3 is 2.47 bits per heavy atom. The average molecular weight is 210 g/mol. The van der Waals surface area contributed by atoms with E-state index >= 15 is 0 Å². The lowest BCUT2D eigenvalue weighted by molar-refractivity contribution is -0.151. The number of benzene rings is 1. The SMILES string of the molecule is CNCON(C)Cc1ccc(OC)cc1. The van der Waals surface area contributed by atoms with Crippen LogP contribution < -0.4 is 10.1 Å². The third kappa shape index (κ3) is 4.29.